The quantitative estimate of drug-likeness (QED) is 0.185. The first kappa shape index (κ1) is 15.4. The molecule has 0 bridgehead atoms. The molecule has 0 aromatic heterocycles. The molecule has 96 valence electrons. The summed E-state index contributed by atoms with van der Waals surface area (Å²) in [5, 5.41) is 9.74. The monoisotopic (exact) mass is 239 g/mol. The number of rotatable bonds is 7. The first-order valence-corrected chi connectivity index (χ1v) is 5.86. The van der Waals surface area contributed by atoms with E-state index in [2.05, 4.69) is 11.9 Å². The van der Waals surface area contributed by atoms with Crippen LogP contribution in [0.3, 0.4) is 0 Å². The predicted octanol–water partition coefficient (Wildman–Crippen LogP) is 2.81. The van der Waals surface area contributed by atoms with Crippen LogP contribution in [0.5, 0.6) is 0 Å². The van der Waals surface area contributed by atoms with Crippen LogP contribution in [0.15, 0.2) is 28.5 Å². The Kier molecular flexibility index (Phi) is 8.74. The molecule has 0 aliphatic rings. The molecule has 0 amide bonds. The van der Waals surface area contributed by atoms with Gasteiger partial charge in [0, 0.05) is 13.3 Å². The Hall–Kier alpha value is -1.58. The van der Waals surface area contributed by atoms with Gasteiger partial charge in [-0.2, -0.15) is 0 Å². The zero-order chi connectivity index (χ0) is 13.1. The number of hydrogen-bond acceptors (Lipinski definition) is 4. The highest BCUT2D eigenvalue weighted by atomic mass is 16.5. The van der Waals surface area contributed by atoms with Crippen molar-refractivity contribution in [2.45, 2.75) is 33.1 Å². The second-order valence-corrected chi connectivity index (χ2v) is 3.45. The summed E-state index contributed by atoms with van der Waals surface area (Å²) in [4.78, 5) is 15.2. The van der Waals surface area contributed by atoms with Gasteiger partial charge in [0.05, 0.1) is 6.61 Å². The lowest BCUT2D eigenvalue weighted by Gasteiger charge is -2.03. The van der Waals surface area contributed by atoms with Gasteiger partial charge in [-0.25, -0.2) is 4.79 Å². The van der Waals surface area contributed by atoms with Crippen LogP contribution in [0, 0.1) is 0 Å². The third-order valence-electron chi connectivity index (χ3n) is 2.03. The Morgan fingerprint density at radius 3 is 2.65 bits per heavy atom. The number of aliphatic hydroxyl groups is 1. The minimum absolute atomic E-state index is 0.0853. The maximum Gasteiger partial charge on any atom is 0.343 e. The number of aliphatic hydroxyl groups excluding tert-OH is 1. The standard InChI is InChI=1S/C13H21NO3/c1-4-6-7-8-9-12(15)11(10-14-3)13(16)17-5-2/h8-10,15H,4-7H2,1-3H3. The molecule has 0 saturated heterocycles. The molecule has 0 aliphatic heterocycles. The van der Waals surface area contributed by atoms with Crippen LogP contribution >= 0.6 is 0 Å². The van der Waals surface area contributed by atoms with Gasteiger partial charge in [0.1, 0.15) is 11.3 Å². The highest BCUT2D eigenvalue weighted by molar-refractivity contribution is 6.10. The van der Waals surface area contributed by atoms with E-state index >= 15 is 0 Å². The molecule has 0 rings (SSSR count). The molecule has 0 atom stereocenters. The summed E-state index contributed by atoms with van der Waals surface area (Å²) < 4.78 is 4.82. The first-order chi connectivity index (χ1) is 8.17. The molecule has 17 heavy (non-hydrogen) atoms. The molecule has 1 N–H and O–H groups in total. The highest BCUT2D eigenvalue weighted by Crippen LogP contribution is 2.05. The molecule has 0 aromatic carbocycles. The average Bonchev–Trinajstić information content (AvgIpc) is 2.31. The SMILES string of the molecule is CCCCC=CC(O)=C(C=NC)C(=O)OCC. The third-order valence-corrected chi connectivity index (χ3v) is 2.03. The Morgan fingerprint density at radius 2 is 2.12 bits per heavy atom. The fourth-order valence-corrected chi connectivity index (χ4v) is 1.17. The molecular formula is C13H21NO3. The second-order valence-electron chi connectivity index (χ2n) is 3.45. The van der Waals surface area contributed by atoms with E-state index in [1.807, 2.05) is 6.08 Å². The number of esters is 1. The van der Waals surface area contributed by atoms with Crippen LogP contribution in [0.4, 0.5) is 0 Å². The third kappa shape index (κ3) is 6.56. The number of carbonyl (C=O) groups is 1. The normalized spacial score (nSPS) is 13.1. The van der Waals surface area contributed by atoms with Crippen LogP contribution in [-0.4, -0.2) is 30.9 Å². The van der Waals surface area contributed by atoms with E-state index in [0.717, 1.165) is 19.3 Å². The molecule has 0 saturated carbocycles. The smallest absolute Gasteiger partial charge is 0.343 e. The topological polar surface area (TPSA) is 58.9 Å². The molecular weight excluding hydrogens is 218 g/mol. The van der Waals surface area contributed by atoms with E-state index in [1.165, 1.54) is 19.3 Å². The Bertz CT molecular complexity index is 317. The largest absolute Gasteiger partial charge is 0.507 e. The van der Waals surface area contributed by atoms with Gasteiger partial charge in [-0.3, -0.25) is 4.99 Å². The average molecular weight is 239 g/mol. The molecule has 0 aliphatic carbocycles. The van der Waals surface area contributed by atoms with Crippen LogP contribution in [0.1, 0.15) is 33.1 Å². The lowest BCUT2D eigenvalue weighted by Crippen LogP contribution is -2.11. The number of ether oxygens (including phenoxy) is 1. The van der Waals surface area contributed by atoms with Crippen molar-refractivity contribution >= 4 is 12.2 Å². The maximum atomic E-state index is 11.5. The van der Waals surface area contributed by atoms with Crippen molar-refractivity contribution in [3.8, 4) is 0 Å². The molecule has 0 spiro atoms. The minimum Gasteiger partial charge on any atom is -0.507 e. The predicted molar refractivity (Wildman–Crippen MR) is 69.4 cm³/mol. The van der Waals surface area contributed by atoms with Crippen molar-refractivity contribution in [2.24, 2.45) is 4.99 Å². The maximum absolute atomic E-state index is 11.5. The molecule has 0 aromatic rings. The summed E-state index contributed by atoms with van der Waals surface area (Å²) >= 11 is 0. The summed E-state index contributed by atoms with van der Waals surface area (Å²) in [6, 6.07) is 0. The van der Waals surface area contributed by atoms with Crippen LogP contribution in [-0.2, 0) is 9.53 Å². The summed E-state index contributed by atoms with van der Waals surface area (Å²) in [5.74, 6) is -0.666. The van der Waals surface area contributed by atoms with E-state index in [1.54, 1.807) is 6.92 Å². The van der Waals surface area contributed by atoms with Crippen LogP contribution in [0.2, 0.25) is 0 Å². The second kappa shape index (κ2) is 9.63. The van der Waals surface area contributed by atoms with Crippen molar-refractivity contribution in [3.05, 3.63) is 23.5 Å². The van der Waals surface area contributed by atoms with Gasteiger partial charge in [0.15, 0.2) is 0 Å². The molecule has 0 radical (unpaired) electrons. The summed E-state index contributed by atoms with van der Waals surface area (Å²) in [6.45, 7) is 4.08. The van der Waals surface area contributed by atoms with Gasteiger partial charge in [0.25, 0.3) is 0 Å². The highest BCUT2D eigenvalue weighted by Gasteiger charge is 2.12. The van der Waals surface area contributed by atoms with Crippen LogP contribution < -0.4 is 0 Å². The van der Waals surface area contributed by atoms with E-state index in [0.29, 0.717) is 0 Å². The number of unbranched alkanes of at least 4 members (excludes halogenated alkanes) is 2. The Morgan fingerprint density at radius 1 is 1.41 bits per heavy atom. The molecule has 0 unspecified atom stereocenters. The van der Waals surface area contributed by atoms with Crippen LogP contribution in [0.25, 0.3) is 0 Å². The van der Waals surface area contributed by atoms with Gasteiger partial charge in [-0.1, -0.05) is 25.8 Å². The van der Waals surface area contributed by atoms with Gasteiger partial charge in [0.2, 0.25) is 0 Å². The first-order valence-electron chi connectivity index (χ1n) is 5.86. The lowest BCUT2D eigenvalue weighted by molar-refractivity contribution is -0.138. The van der Waals surface area contributed by atoms with Crippen molar-refractivity contribution in [3.63, 3.8) is 0 Å². The summed E-state index contributed by atoms with van der Waals surface area (Å²) in [6.07, 6.45) is 7.68. The molecule has 4 nitrogen and oxygen atoms in total. The number of aliphatic imine (C=N–C) groups is 1. The fraction of sp³-hybridized carbons (Fsp3) is 0.538. The van der Waals surface area contributed by atoms with Gasteiger partial charge >= 0.3 is 5.97 Å². The van der Waals surface area contributed by atoms with Gasteiger partial charge in [-0.05, 0) is 19.4 Å². The number of hydrogen-bond donors (Lipinski definition) is 1. The van der Waals surface area contributed by atoms with E-state index in [4.69, 9.17) is 4.74 Å². The number of nitrogens with zero attached hydrogens (tertiary/aromatic N) is 1. The van der Waals surface area contributed by atoms with Crippen molar-refractivity contribution < 1.29 is 14.6 Å². The molecule has 4 heteroatoms. The van der Waals surface area contributed by atoms with E-state index in [9.17, 15) is 9.90 Å². The summed E-state index contributed by atoms with van der Waals surface area (Å²) in [5.41, 5.74) is 0.0853. The summed E-state index contributed by atoms with van der Waals surface area (Å²) in [7, 11) is 1.54. The Balaban J connectivity index is 4.73. The molecule has 0 fully saturated rings. The fourth-order valence-electron chi connectivity index (χ4n) is 1.17. The number of carbonyl (C=O) groups excluding carboxylic acids is 1. The minimum atomic E-state index is -0.559. The van der Waals surface area contributed by atoms with Gasteiger partial charge in [-0.15, -0.1) is 0 Å². The molecule has 0 heterocycles. The van der Waals surface area contributed by atoms with Crippen molar-refractivity contribution in [1.82, 2.24) is 0 Å². The van der Waals surface area contributed by atoms with Crippen molar-refractivity contribution in [1.29, 1.82) is 0 Å². The zero-order valence-corrected chi connectivity index (χ0v) is 10.8. The number of allylic oxidation sites excluding steroid dienone is 2. The van der Waals surface area contributed by atoms with E-state index in [-0.39, 0.29) is 17.9 Å². The zero-order valence-electron chi connectivity index (χ0n) is 10.8. The van der Waals surface area contributed by atoms with Crippen molar-refractivity contribution in [2.75, 3.05) is 13.7 Å². The Labute approximate surface area is 103 Å². The lowest BCUT2D eigenvalue weighted by atomic mass is 10.2. The van der Waals surface area contributed by atoms with Gasteiger partial charge < -0.3 is 9.84 Å². The van der Waals surface area contributed by atoms with E-state index < -0.39 is 5.97 Å².